The van der Waals surface area contributed by atoms with Gasteiger partial charge >= 0.3 is 0 Å². The molecule has 1 aliphatic rings. The number of hydrogen-bond donors (Lipinski definition) is 1. The Balaban J connectivity index is 1.61. The smallest absolute Gasteiger partial charge is 0.251 e. The second-order valence-electron chi connectivity index (χ2n) is 8.04. The summed E-state index contributed by atoms with van der Waals surface area (Å²) in [6.07, 6.45) is 0. The lowest BCUT2D eigenvalue weighted by Gasteiger charge is -2.38. The van der Waals surface area contributed by atoms with Gasteiger partial charge in [-0.15, -0.1) is 0 Å². The minimum absolute atomic E-state index is 0.142. The number of carbonyl (C=O) groups excluding carboxylic acids is 1. The lowest BCUT2D eigenvalue weighted by molar-refractivity contribution is 0.0951. The van der Waals surface area contributed by atoms with Crippen LogP contribution in [-0.4, -0.2) is 37.5 Å². The van der Waals surface area contributed by atoms with Crippen molar-refractivity contribution in [1.82, 2.24) is 10.2 Å². The van der Waals surface area contributed by atoms with Gasteiger partial charge < -0.3 is 15.1 Å². The van der Waals surface area contributed by atoms with E-state index in [0.717, 1.165) is 22.7 Å². The maximum Gasteiger partial charge on any atom is 0.251 e. The van der Waals surface area contributed by atoms with Crippen LogP contribution in [0.5, 0.6) is 0 Å². The molecule has 0 spiro atoms. The molecule has 31 heavy (non-hydrogen) atoms. The highest BCUT2D eigenvalue weighted by Crippen LogP contribution is 2.49. The molecule has 4 nitrogen and oxygen atoms in total. The number of amides is 1. The summed E-state index contributed by atoms with van der Waals surface area (Å²) in [5.41, 5.74) is 3.69. The lowest BCUT2D eigenvalue weighted by Crippen LogP contribution is -2.38. The molecule has 6 heteroatoms. The van der Waals surface area contributed by atoms with Gasteiger partial charge in [0.2, 0.25) is 0 Å². The molecule has 0 bridgehead atoms. The molecule has 3 aromatic rings. The van der Waals surface area contributed by atoms with E-state index in [4.69, 9.17) is 0 Å². The number of carbonyl (C=O) groups is 1. The van der Waals surface area contributed by atoms with Crippen LogP contribution >= 0.6 is 11.8 Å². The molecule has 0 aromatic heterocycles. The first kappa shape index (κ1) is 21.4. The zero-order valence-corrected chi connectivity index (χ0v) is 18.7. The van der Waals surface area contributed by atoms with Crippen LogP contribution in [0.4, 0.5) is 15.8 Å². The quantitative estimate of drug-likeness (QED) is 0.569. The molecule has 0 saturated carbocycles. The second kappa shape index (κ2) is 9.12. The molecule has 1 atom stereocenters. The van der Waals surface area contributed by atoms with Gasteiger partial charge in [-0.2, -0.15) is 0 Å². The lowest BCUT2D eigenvalue weighted by atomic mass is 10.1. The fourth-order valence-electron chi connectivity index (χ4n) is 3.90. The predicted molar refractivity (Wildman–Crippen MR) is 125 cm³/mol. The third kappa shape index (κ3) is 4.75. The number of nitrogens with zero attached hydrogens (tertiary/aromatic N) is 2. The fourth-order valence-corrected chi connectivity index (χ4v) is 4.95. The van der Waals surface area contributed by atoms with Crippen molar-refractivity contribution in [3.05, 3.63) is 83.7 Å². The number of anilines is 2. The van der Waals surface area contributed by atoms with Crippen LogP contribution in [0.1, 0.15) is 22.8 Å². The molecule has 1 heterocycles. The first-order valence-electron chi connectivity index (χ1n) is 10.3. The highest BCUT2D eigenvalue weighted by molar-refractivity contribution is 7.99. The number of nitrogens with one attached hydrogen (secondary N) is 1. The molecule has 3 aromatic carbocycles. The summed E-state index contributed by atoms with van der Waals surface area (Å²) in [5.74, 6) is -0.425. The van der Waals surface area contributed by atoms with E-state index in [-0.39, 0.29) is 17.8 Å². The van der Waals surface area contributed by atoms with Crippen LogP contribution in [0.3, 0.4) is 0 Å². The van der Waals surface area contributed by atoms with Gasteiger partial charge in [0.15, 0.2) is 0 Å². The topological polar surface area (TPSA) is 35.6 Å². The molecule has 0 radical (unpaired) electrons. The Kier molecular flexibility index (Phi) is 6.30. The zero-order valence-electron chi connectivity index (χ0n) is 17.9. The molecule has 0 saturated heterocycles. The summed E-state index contributed by atoms with van der Waals surface area (Å²) in [6.45, 7) is 3.45. The van der Waals surface area contributed by atoms with Gasteiger partial charge in [0, 0.05) is 34.5 Å². The Morgan fingerprint density at radius 3 is 2.48 bits per heavy atom. The molecule has 1 aliphatic heterocycles. The predicted octanol–water partition coefficient (Wildman–Crippen LogP) is 5.31. The number of fused-ring (bicyclic) bond motifs is 2. The maximum atomic E-state index is 13.1. The Morgan fingerprint density at radius 1 is 1.03 bits per heavy atom. The van der Waals surface area contributed by atoms with E-state index in [2.05, 4.69) is 60.4 Å². The number of halogens is 1. The van der Waals surface area contributed by atoms with Crippen LogP contribution in [0, 0.1) is 5.82 Å². The summed E-state index contributed by atoms with van der Waals surface area (Å²) < 4.78 is 13.1. The van der Waals surface area contributed by atoms with Crippen LogP contribution in [0.25, 0.3) is 0 Å². The maximum absolute atomic E-state index is 13.1. The number of benzene rings is 3. The Labute approximate surface area is 187 Å². The van der Waals surface area contributed by atoms with Crippen LogP contribution in [0.2, 0.25) is 0 Å². The normalized spacial score (nSPS) is 13.5. The van der Waals surface area contributed by atoms with Gasteiger partial charge in [-0.1, -0.05) is 36.0 Å². The highest BCUT2D eigenvalue weighted by atomic mass is 32.2. The second-order valence-corrected chi connectivity index (χ2v) is 9.13. The van der Waals surface area contributed by atoms with E-state index in [9.17, 15) is 9.18 Å². The van der Waals surface area contributed by atoms with Gasteiger partial charge in [-0.25, -0.2) is 4.39 Å². The fraction of sp³-hybridized carbons (Fsp3) is 0.240. The van der Waals surface area contributed by atoms with Gasteiger partial charge in [-0.3, -0.25) is 4.79 Å². The minimum atomic E-state index is -0.283. The molecule has 160 valence electrons. The summed E-state index contributed by atoms with van der Waals surface area (Å²) in [7, 11) is 4.14. The SMILES string of the molecule is C[C@H](CN(C)C)N1c2ccccc2Sc2ccc(C(=O)NCc3ccc(F)cc3)cc21. The van der Waals surface area contributed by atoms with Crippen molar-refractivity contribution in [1.29, 1.82) is 0 Å². The van der Waals surface area contributed by atoms with Crippen molar-refractivity contribution in [2.24, 2.45) is 0 Å². The van der Waals surface area contributed by atoms with Crippen molar-refractivity contribution >= 4 is 29.0 Å². The molecule has 4 rings (SSSR count). The number of likely N-dealkylation sites (N-methyl/N-ethyl adjacent to an activating group) is 1. The largest absolute Gasteiger partial charge is 0.348 e. The van der Waals surface area contributed by atoms with Crippen LogP contribution in [0.15, 0.2) is 76.5 Å². The zero-order chi connectivity index (χ0) is 22.0. The van der Waals surface area contributed by atoms with Crippen molar-refractivity contribution in [3.63, 3.8) is 0 Å². The minimum Gasteiger partial charge on any atom is -0.348 e. The van der Waals surface area contributed by atoms with Crippen molar-refractivity contribution < 1.29 is 9.18 Å². The average molecular weight is 436 g/mol. The van der Waals surface area contributed by atoms with E-state index in [1.54, 1.807) is 23.9 Å². The summed E-state index contributed by atoms with van der Waals surface area (Å²) >= 11 is 1.73. The summed E-state index contributed by atoms with van der Waals surface area (Å²) in [4.78, 5) is 19.7. The van der Waals surface area contributed by atoms with Crippen LogP contribution in [-0.2, 0) is 6.54 Å². The van der Waals surface area contributed by atoms with Crippen molar-refractivity contribution in [2.75, 3.05) is 25.5 Å². The molecule has 0 unspecified atom stereocenters. The molecule has 0 aliphatic carbocycles. The highest BCUT2D eigenvalue weighted by Gasteiger charge is 2.28. The van der Waals surface area contributed by atoms with Crippen molar-refractivity contribution in [3.8, 4) is 0 Å². The Bertz CT molecular complexity index is 1080. The van der Waals surface area contributed by atoms with Crippen LogP contribution < -0.4 is 10.2 Å². The molecular formula is C25H26FN3OS. The van der Waals surface area contributed by atoms with Crippen molar-refractivity contribution in [2.45, 2.75) is 29.3 Å². The van der Waals surface area contributed by atoms with Gasteiger partial charge in [-0.05, 0) is 69.0 Å². The standard InChI is InChI=1S/C25H26FN3OS/c1-17(16-28(2)3)29-21-6-4-5-7-23(21)31-24-13-10-19(14-22(24)29)25(30)27-15-18-8-11-20(26)12-9-18/h4-14,17H,15-16H2,1-3H3,(H,27,30)/t17-/m1/s1. The molecule has 0 fully saturated rings. The molecule has 1 N–H and O–H groups in total. The summed E-state index contributed by atoms with van der Waals surface area (Å²) in [5, 5.41) is 2.94. The van der Waals surface area contributed by atoms with E-state index in [1.165, 1.54) is 22.7 Å². The monoisotopic (exact) mass is 435 g/mol. The third-order valence-corrected chi connectivity index (χ3v) is 6.39. The molecule has 1 amide bonds. The average Bonchev–Trinajstić information content (AvgIpc) is 2.75. The van der Waals surface area contributed by atoms with Gasteiger partial charge in [0.05, 0.1) is 11.4 Å². The van der Waals surface area contributed by atoms with E-state index < -0.39 is 0 Å². The van der Waals surface area contributed by atoms with E-state index in [1.807, 2.05) is 18.2 Å². The number of para-hydroxylation sites is 1. The van der Waals surface area contributed by atoms with Gasteiger partial charge in [0.1, 0.15) is 5.82 Å². The van der Waals surface area contributed by atoms with E-state index in [0.29, 0.717) is 12.1 Å². The summed E-state index contributed by atoms with van der Waals surface area (Å²) in [6, 6.07) is 20.7. The molecular weight excluding hydrogens is 409 g/mol. The Morgan fingerprint density at radius 2 is 1.74 bits per heavy atom. The number of hydrogen-bond acceptors (Lipinski definition) is 4. The third-order valence-electron chi connectivity index (χ3n) is 5.26. The number of rotatable bonds is 6. The van der Waals surface area contributed by atoms with E-state index >= 15 is 0 Å². The Hall–Kier alpha value is -2.83. The first-order chi connectivity index (χ1) is 14.9. The first-order valence-corrected chi connectivity index (χ1v) is 11.1. The van der Waals surface area contributed by atoms with Gasteiger partial charge in [0.25, 0.3) is 5.91 Å².